The predicted molar refractivity (Wildman–Crippen MR) is 107 cm³/mol. The molecule has 0 aliphatic carbocycles. The zero-order chi connectivity index (χ0) is 20.5. The van der Waals surface area contributed by atoms with Crippen LogP contribution < -0.4 is 11.1 Å². The largest absolute Gasteiger partial charge is 0.419 e. The third kappa shape index (κ3) is 4.17. The lowest BCUT2D eigenvalue weighted by atomic mass is 10.0. The molecule has 1 amide bonds. The average Bonchev–Trinajstić information content (AvgIpc) is 2.94. The van der Waals surface area contributed by atoms with E-state index in [0.717, 1.165) is 5.56 Å². The quantitative estimate of drug-likeness (QED) is 0.683. The van der Waals surface area contributed by atoms with Crippen molar-refractivity contribution in [2.45, 2.75) is 31.1 Å². The fraction of sp³-hybridized carbons (Fsp3) is 0.300. The van der Waals surface area contributed by atoms with Gasteiger partial charge in [0.1, 0.15) is 0 Å². The number of benzene rings is 2. The Morgan fingerprint density at radius 2 is 1.82 bits per heavy atom. The Kier molecular flexibility index (Phi) is 5.42. The second-order valence-corrected chi connectivity index (χ2v) is 9.06. The molecular formula is C20H22N2O5S. The Morgan fingerprint density at radius 1 is 1.14 bits per heavy atom. The molecular weight excluding hydrogens is 380 g/mol. The molecule has 3 rings (SSSR count). The first-order chi connectivity index (χ1) is 13.2. The number of aromatic nitrogens is 1. The van der Waals surface area contributed by atoms with Crippen molar-refractivity contribution in [3.63, 3.8) is 0 Å². The van der Waals surface area contributed by atoms with E-state index in [1.165, 1.54) is 22.8 Å². The number of hydrogen-bond acceptors (Lipinski definition) is 5. The second-order valence-electron chi connectivity index (χ2n) is 6.95. The Morgan fingerprint density at radius 3 is 2.46 bits per heavy atom. The van der Waals surface area contributed by atoms with Gasteiger partial charge >= 0.3 is 5.76 Å². The summed E-state index contributed by atoms with van der Waals surface area (Å²) in [6, 6.07) is 11.7. The lowest BCUT2D eigenvalue weighted by molar-refractivity contribution is -0.115. The number of oxazole rings is 1. The number of aryl methyl sites for hydroxylation is 1. The van der Waals surface area contributed by atoms with E-state index in [0.29, 0.717) is 17.1 Å². The van der Waals surface area contributed by atoms with Crippen LogP contribution in [0.3, 0.4) is 0 Å². The Balaban J connectivity index is 1.67. The van der Waals surface area contributed by atoms with Crippen molar-refractivity contribution in [3.8, 4) is 0 Å². The van der Waals surface area contributed by atoms with Crippen LogP contribution in [0.15, 0.2) is 56.6 Å². The summed E-state index contributed by atoms with van der Waals surface area (Å²) in [5.41, 5.74) is 2.48. The number of carbonyl (C=O) groups excluding carboxylic acids is 1. The number of fused-ring (bicyclic) bond motifs is 1. The zero-order valence-corrected chi connectivity index (χ0v) is 16.7. The third-order valence-electron chi connectivity index (χ3n) is 4.58. The first kappa shape index (κ1) is 19.9. The number of nitrogens with zero attached hydrogens (tertiary/aromatic N) is 1. The van der Waals surface area contributed by atoms with Crippen LogP contribution >= 0.6 is 0 Å². The number of hydrogen-bond donors (Lipinski definition) is 1. The number of carbonyl (C=O) groups is 1. The van der Waals surface area contributed by atoms with Crippen molar-refractivity contribution >= 4 is 32.5 Å². The van der Waals surface area contributed by atoms with Crippen LogP contribution in [0.2, 0.25) is 0 Å². The van der Waals surface area contributed by atoms with Gasteiger partial charge in [0.15, 0.2) is 15.4 Å². The maximum atomic E-state index is 12.5. The van der Waals surface area contributed by atoms with Crippen LogP contribution in [-0.4, -0.2) is 24.6 Å². The molecule has 1 N–H and O–H groups in total. The number of anilines is 1. The van der Waals surface area contributed by atoms with Gasteiger partial charge in [-0.25, -0.2) is 13.2 Å². The SMILES string of the molecule is CC(C)c1ccc(NC(=O)CCS(=O)(=O)c2ccc3c(c2)oc(=O)n3C)cc1. The summed E-state index contributed by atoms with van der Waals surface area (Å²) in [7, 11) is -2.15. The van der Waals surface area contributed by atoms with Crippen LogP contribution in [0.25, 0.3) is 11.1 Å². The van der Waals surface area contributed by atoms with Crippen LogP contribution in [0, 0.1) is 0 Å². The first-order valence-electron chi connectivity index (χ1n) is 8.89. The molecule has 0 bridgehead atoms. The highest BCUT2D eigenvalue weighted by molar-refractivity contribution is 7.91. The predicted octanol–water partition coefficient (Wildman–Crippen LogP) is 3.06. The van der Waals surface area contributed by atoms with Gasteiger partial charge in [-0.2, -0.15) is 0 Å². The fourth-order valence-corrected chi connectivity index (χ4v) is 4.08. The van der Waals surface area contributed by atoms with Crippen LogP contribution in [-0.2, 0) is 21.7 Å². The van der Waals surface area contributed by atoms with Crippen LogP contribution in [0.5, 0.6) is 0 Å². The topological polar surface area (TPSA) is 98.4 Å². The maximum Gasteiger partial charge on any atom is 0.419 e. The van der Waals surface area contributed by atoms with Crippen molar-refractivity contribution in [1.82, 2.24) is 4.57 Å². The number of rotatable bonds is 6. The van der Waals surface area contributed by atoms with Gasteiger partial charge in [0.2, 0.25) is 5.91 Å². The molecule has 7 nitrogen and oxygen atoms in total. The van der Waals surface area contributed by atoms with Crippen LogP contribution in [0.1, 0.15) is 31.7 Å². The summed E-state index contributed by atoms with van der Waals surface area (Å²) < 4.78 is 31.4. The van der Waals surface area contributed by atoms with Gasteiger partial charge in [-0.3, -0.25) is 9.36 Å². The molecule has 3 aromatic rings. The molecule has 0 spiro atoms. The van der Waals surface area contributed by atoms with Crippen molar-refractivity contribution in [3.05, 3.63) is 58.6 Å². The monoisotopic (exact) mass is 402 g/mol. The van der Waals surface area contributed by atoms with Gasteiger partial charge < -0.3 is 9.73 Å². The van der Waals surface area contributed by atoms with Crippen molar-refractivity contribution in [1.29, 1.82) is 0 Å². The molecule has 0 unspecified atom stereocenters. The van der Waals surface area contributed by atoms with Gasteiger partial charge in [0, 0.05) is 25.2 Å². The minimum atomic E-state index is -3.69. The van der Waals surface area contributed by atoms with Crippen molar-refractivity contribution < 1.29 is 17.6 Å². The van der Waals surface area contributed by atoms with Gasteiger partial charge in [-0.15, -0.1) is 0 Å². The molecule has 28 heavy (non-hydrogen) atoms. The van der Waals surface area contributed by atoms with Crippen molar-refractivity contribution in [2.75, 3.05) is 11.1 Å². The summed E-state index contributed by atoms with van der Waals surface area (Å²) in [6.45, 7) is 4.16. The smallest absolute Gasteiger partial charge is 0.408 e. The van der Waals surface area contributed by atoms with Crippen molar-refractivity contribution in [2.24, 2.45) is 7.05 Å². The normalized spacial score (nSPS) is 11.9. The highest BCUT2D eigenvalue weighted by atomic mass is 32.2. The summed E-state index contributed by atoms with van der Waals surface area (Å²) in [6.07, 6.45) is -0.176. The highest BCUT2D eigenvalue weighted by Crippen LogP contribution is 2.20. The van der Waals surface area contributed by atoms with Gasteiger partial charge in [-0.1, -0.05) is 26.0 Å². The Labute approximate surface area is 162 Å². The standard InChI is InChI=1S/C20H22N2O5S/c1-13(2)14-4-6-15(7-5-14)21-19(23)10-11-28(25,26)16-8-9-17-18(12-16)27-20(24)22(17)3/h4-9,12-13H,10-11H2,1-3H3,(H,21,23). The number of sulfone groups is 1. The lowest BCUT2D eigenvalue weighted by Gasteiger charge is -2.09. The minimum Gasteiger partial charge on any atom is -0.408 e. The number of nitrogens with one attached hydrogen (secondary N) is 1. The molecule has 0 saturated carbocycles. The van der Waals surface area contributed by atoms with E-state index < -0.39 is 15.6 Å². The molecule has 0 atom stereocenters. The summed E-state index contributed by atoms with van der Waals surface area (Å²) in [5.74, 6) is -0.896. The Bertz CT molecular complexity index is 1170. The summed E-state index contributed by atoms with van der Waals surface area (Å²) >= 11 is 0. The number of amides is 1. The molecule has 0 saturated heterocycles. The highest BCUT2D eigenvalue weighted by Gasteiger charge is 2.19. The molecule has 1 heterocycles. The lowest BCUT2D eigenvalue weighted by Crippen LogP contribution is -2.17. The zero-order valence-electron chi connectivity index (χ0n) is 15.9. The molecule has 1 aromatic heterocycles. The average molecular weight is 402 g/mol. The van der Waals surface area contributed by atoms with Gasteiger partial charge in [-0.05, 0) is 35.7 Å². The summed E-state index contributed by atoms with van der Waals surface area (Å²) in [5, 5.41) is 2.71. The second kappa shape index (κ2) is 7.63. The van der Waals surface area contributed by atoms with E-state index in [9.17, 15) is 18.0 Å². The minimum absolute atomic E-state index is 0.0171. The van der Waals surface area contributed by atoms with E-state index in [-0.39, 0.29) is 28.6 Å². The van der Waals surface area contributed by atoms with E-state index in [1.54, 1.807) is 19.2 Å². The molecule has 0 fully saturated rings. The van der Waals surface area contributed by atoms with Gasteiger partial charge in [0.25, 0.3) is 0 Å². The maximum absolute atomic E-state index is 12.5. The van der Waals surface area contributed by atoms with Crippen LogP contribution in [0.4, 0.5) is 5.69 Å². The molecule has 0 radical (unpaired) electrons. The fourth-order valence-electron chi connectivity index (χ4n) is 2.83. The van der Waals surface area contributed by atoms with E-state index in [4.69, 9.17) is 4.42 Å². The third-order valence-corrected chi connectivity index (χ3v) is 6.30. The molecule has 8 heteroatoms. The molecule has 0 aliphatic rings. The molecule has 2 aromatic carbocycles. The van der Waals surface area contributed by atoms with E-state index in [2.05, 4.69) is 19.2 Å². The van der Waals surface area contributed by atoms with E-state index in [1.807, 2.05) is 12.1 Å². The van der Waals surface area contributed by atoms with Gasteiger partial charge in [0.05, 0.1) is 16.2 Å². The first-order valence-corrected chi connectivity index (χ1v) is 10.5. The summed E-state index contributed by atoms with van der Waals surface area (Å²) in [4.78, 5) is 23.7. The Hall–Kier alpha value is -2.87. The molecule has 148 valence electrons. The van der Waals surface area contributed by atoms with E-state index >= 15 is 0 Å². The molecule has 0 aliphatic heterocycles.